The van der Waals surface area contributed by atoms with E-state index in [1.165, 1.54) is 0 Å². The fraction of sp³-hybridized carbons (Fsp3) is 0.346. The number of benzene rings is 2. The molecule has 1 fully saturated rings. The molecule has 0 aromatic heterocycles. The van der Waals surface area contributed by atoms with Crippen LogP contribution in [0.5, 0.6) is 0 Å². The van der Waals surface area contributed by atoms with Crippen LogP contribution in [0.2, 0.25) is 0 Å². The van der Waals surface area contributed by atoms with Gasteiger partial charge in [-0.25, -0.2) is 0 Å². The van der Waals surface area contributed by atoms with Crippen LogP contribution in [0.25, 0.3) is 0 Å². The molecule has 0 bridgehead atoms. The third kappa shape index (κ3) is 4.17. The number of para-hydroxylation sites is 1. The van der Waals surface area contributed by atoms with E-state index in [0.29, 0.717) is 13.1 Å². The second kappa shape index (κ2) is 8.61. The fourth-order valence-corrected chi connectivity index (χ4v) is 4.60. The highest BCUT2D eigenvalue weighted by molar-refractivity contribution is 5.95. The maximum atomic E-state index is 12.6. The minimum absolute atomic E-state index is 0.0728. The Morgan fingerprint density at radius 3 is 2.50 bits per heavy atom. The summed E-state index contributed by atoms with van der Waals surface area (Å²) in [5.74, 6) is -1.38. The molecule has 166 valence electrons. The van der Waals surface area contributed by atoms with Crippen molar-refractivity contribution >= 4 is 23.3 Å². The first-order valence-electron chi connectivity index (χ1n) is 10.8. The molecule has 1 saturated heterocycles. The maximum Gasteiger partial charge on any atom is 0.311 e. The van der Waals surface area contributed by atoms with Crippen LogP contribution in [0.15, 0.2) is 66.4 Å². The highest BCUT2D eigenvalue weighted by Crippen LogP contribution is 2.46. The Bertz CT molecular complexity index is 1070. The summed E-state index contributed by atoms with van der Waals surface area (Å²) in [6, 6.07) is 17.7. The van der Waals surface area contributed by atoms with Crippen LogP contribution in [0.1, 0.15) is 31.4 Å². The quantitative estimate of drug-likeness (QED) is 0.517. The number of likely N-dealkylation sites (tertiary alicyclic amines) is 1. The Hall–Kier alpha value is -3.41. The predicted molar refractivity (Wildman–Crippen MR) is 122 cm³/mol. The molecule has 0 radical (unpaired) electrons. The van der Waals surface area contributed by atoms with Crippen molar-refractivity contribution in [2.24, 2.45) is 5.92 Å². The summed E-state index contributed by atoms with van der Waals surface area (Å²) >= 11 is 0. The molecule has 2 aromatic carbocycles. The smallest absolute Gasteiger partial charge is 0.311 e. The molecule has 4 rings (SSSR count). The molecule has 2 aromatic rings. The van der Waals surface area contributed by atoms with Gasteiger partial charge >= 0.3 is 5.97 Å². The normalized spacial score (nSPS) is 20.5. The van der Waals surface area contributed by atoms with E-state index in [0.717, 1.165) is 22.5 Å². The van der Waals surface area contributed by atoms with E-state index in [-0.39, 0.29) is 30.1 Å². The van der Waals surface area contributed by atoms with E-state index in [4.69, 9.17) is 4.74 Å². The third-order valence-corrected chi connectivity index (χ3v) is 6.36. The van der Waals surface area contributed by atoms with Crippen LogP contribution >= 0.6 is 0 Å². The van der Waals surface area contributed by atoms with Gasteiger partial charge in [-0.05, 0) is 17.2 Å². The minimum atomic E-state index is -0.540. The van der Waals surface area contributed by atoms with Crippen LogP contribution in [0.3, 0.4) is 0 Å². The second-order valence-corrected chi connectivity index (χ2v) is 8.97. The van der Waals surface area contributed by atoms with Gasteiger partial charge < -0.3 is 14.5 Å². The number of ether oxygens (including phenoxy) is 1. The summed E-state index contributed by atoms with van der Waals surface area (Å²) in [5, 5.41) is 0. The number of anilines is 1. The lowest BCUT2D eigenvalue weighted by Crippen LogP contribution is -2.27. The number of rotatable bonds is 6. The third-order valence-electron chi connectivity index (χ3n) is 6.36. The van der Waals surface area contributed by atoms with E-state index >= 15 is 0 Å². The van der Waals surface area contributed by atoms with Crippen molar-refractivity contribution in [2.75, 3.05) is 25.1 Å². The number of carbonyl (C=O) groups is 3. The molecule has 6 heteroatoms. The Morgan fingerprint density at radius 1 is 1.09 bits per heavy atom. The minimum Gasteiger partial charge on any atom is -0.457 e. The van der Waals surface area contributed by atoms with E-state index in [1.54, 1.807) is 11.0 Å². The standard InChI is InChI=1S/C26H28N2O4/c1-26(2)21-11-7-8-12-22(21)27(3)23(26)14-20(29)17-32-25(31)19-13-24(30)28(16-19)15-18-9-5-4-6-10-18/h4-12,14,19H,13,15-17H2,1-3H3/b23-14-/t19-/m1/s1. The first-order chi connectivity index (χ1) is 15.3. The molecule has 1 amide bonds. The van der Waals surface area contributed by atoms with E-state index < -0.39 is 11.9 Å². The van der Waals surface area contributed by atoms with Gasteiger partial charge in [0.1, 0.15) is 0 Å². The lowest BCUT2D eigenvalue weighted by Gasteiger charge is -2.24. The number of esters is 1. The van der Waals surface area contributed by atoms with Crippen molar-refractivity contribution < 1.29 is 19.1 Å². The fourth-order valence-electron chi connectivity index (χ4n) is 4.60. The number of carbonyl (C=O) groups excluding carboxylic acids is 3. The van der Waals surface area contributed by atoms with Gasteiger partial charge in [0.05, 0.1) is 5.92 Å². The number of fused-ring (bicyclic) bond motifs is 1. The van der Waals surface area contributed by atoms with E-state index in [1.807, 2.05) is 60.5 Å². The summed E-state index contributed by atoms with van der Waals surface area (Å²) in [6.07, 6.45) is 1.68. The summed E-state index contributed by atoms with van der Waals surface area (Å²) in [4.78, 5) is 41.1. The van der Waals surface area contributed by atoms with Gasteiger partial charge in [0, 0.05) is 49.4 Å². The van der Waals surface area contributed by atoms with Gasteiger partial charge in [0.25, 0.3) is 0 Å². The number of hydrogen-bond acceptors (Lipinski definition) is 5. The lowest BCUT2D eigenvalue weighted by atomic mass is 9.83. The molecule has 32 heavy (non-hydrogen) atoms. The van der Waals surface area contributed by atoms with Crippen molar-refractivity contribution in [1.82, 2.24) is 4.90 Å². The zero-order chi connectivity index (χ0) is 22.9. The average Bonchev–Trinajstić information content (AvgIpc) is 3.24. The Balaban J connectivity index is 1.35. The Morgan fingerprint density at radius 2 is 1.78 bits per heavy atom. The summed E-state index contributed by atoms with van der Waals surface area (Å²) in [6.45, 7) is 4.60. The highest BCUT2D eigenvalue weighted by atomic mass is 16.5. The van der Waals surface area contributed by atoms with Gasteiger partial charge in [0.2, 0.25) is 5.91 Å². The van der Waals surface area contributed by atoms with Crippen molar-refractivity contribution in [3.8, 4) is 0 Å². The Kier molecular flexibility index (Phi) is 5.87. The SMILES string of the molecule is CN1/C(=C\C(=O)COC(=O)[C@@H]2CC(=O)N(Cc3ccccc3)C2)C(C)(C)c2ccccc21. The van der Waals surface area contributed by atoms with Crippen LogP contribution < -0.4 is 4.90 Å². The zero-order valence-electron chi connectivity index (χ0n) is 18.7. The second-order valence-electron chi connectivity index (χ2n) is 8.97. The van der Waals surface area contributed by atoms with Gasteiger partial charge in [-0.2, -0.15) is 0 Å². The largest absolute Gasteiger partial charge is 0.457 e. The molecule has 2 aliphatic rings. The molecular weight excluding hydrogens is 404 g/mol. The Labute approximate surface area is 188 Å². The molecule has 0 saturated carbocycles. The molecule has 0 N–H and O–H groups in total. The first-order valence-corrected chi connectivity index (χ1v) is 10.8. The summed E-state index contributed by atoms with van der Waals surface area (Å²) < 4.78 is 5.29. The number of likely N-dealkylation sites (N-methyl/N-ethyl adjacent to an activating group) is 1. The van der Waals surface area contributed by atoms with Crippen molar-refractivity contribution in [2.45, 2.75) is 32.2 Å². The number of ketones is 1. The van der Waals surface area contributed by atoms with E-state index in [9.17, 15) is 14.4 Å². The molecule has 0 aliphatic carbocycles. The monoisotopic (exact) mass is 432 g/mol. The molecule has 0 unspecified atom stereocenters. The maximum absolute atomic E-state index is 12.6. The van der Waals surface area contributed by atoms with Crippen molar-refractivity contribution in [3.63, 3.8) is 0 Å². The number of nitrogens with zero attached hydrogens (tertiary/aromatic N) is 2. The summed E-state index contributed by atoms with van der Waals surface area (Å²) in [5.41, 5.74) is 3.78. The van der Waals surface area contributed by atoms with Crippen LogP contribution in [0.4, 0.5) is 5.69 Å². The lowest BCUT2D eigenvalue weighted by molar-refractivity contribution is -0.151. The van der Waals surface area contributed by atoms with Crippen molar-refractivity contribution in [1.29, 1.82) is 0 Å². The molecule has 1 atom stereocenters. The molecule has 6 nitrogen and oxygen atoms in total. The number of hydrogen-bond donors (Lipinski definition) is 0. The molecule has 0 spiro atoms. The predicted octanol–water partition coefficient (Wildman–Crippen LogP) is 3.46. The van der Waals surface area contributed by atoms with Crippen LogP contribution in [0, 0.1) is 5.92 Å². The van der Waals surface area contributed by atoms with Gasteiger partial charge in [-0.15, -0.1) is 0 Å². The molecule has 2 heterocycles. The zero-order valence-corrected chi connectivity index (χ0v) is 18.7. The van der Waals surface area contributed by atoms with Gasteiger partial charge in [-0.1, -0.05) is 62.4 Å². The summed E-state index contributed by atoms with van der Waals surface area (Å²) in [7, 11) is 1.93. The van der Waals surface area contributed by atoms with E-state index in [2.05, 4.69) is 19.9 Å². The number of amides is 1. The topological polar surface area (TPSA) is 66.9 Å². The van der Waals surface area contributed by atoms with Gasteiger partial charge in [-0.3, -0.25) is 14.4 Å². The molecular formula is C26H28N2O4. The number of allylic oxidation sites excluding steroid dienone is 1. The van der Waals surface area contributed by atoms with Crippen molar-refractivity contribution in [3.05, 3.63) is 77.5 Å². The highest BCUT2D eigenvalue weighted by Gasteiger charge is 2.39. The molecule has 2 aliphatic heterocycles. The average molecular weight is 433 g/mol. The van der Waals surface area contributed by atoms with Crippen LogP contribution in [-0.4, -0.2) is 42.8 Å². The van der Waals surface area contributed by atoms with Crippen LogP contribution in [-0.2, 0) is 31.1 Å². The van der Waals surface area contributed by atoms with Gasteiger partial charge in [0.15, 0.2) is 12.4 Å². The first kappa shape index (κ1) is 21.8.